The fraction of sp³-hybridized carbons (Fsp3) is 0.200. The number of nitrogens with zero attached hydrogens (tertiary/aromatic N) is 1. The van der Waals surface area contributed by atoms with Crippen molar-refractivity contribution < 1.29 is 4.92 Å². The van der Waals surface area contributed by atoms with E-state index in [1.54, 1.807) is 6.07 Å². The summed E-state index contributed by atoms with van der Waals surface area (Å²) >= 11 is 7.99. The Morgan fingerprint density at radius 1 is 1.29 bits per heavy atom. The molecule has 0 bridgehead atoms. The minimum absolute atomic E-state index is 0.0420. The predicted octanol–water partition coefficient (Wildman–Crippen LogP) is 4.90. The van der Waals surface area contributed by atoms with Gasteiger partial charge < -0.3 is 5.32 Å². The summed E-state index contributed by atoms with van der Waals surface area (Å²) in [6, 6.07) is 12.8. The van der Waals surface area contributed by atoms with Gasteiger partial charge in [0.25, 0.3) is 5.69 Å². The van der Waals surface area contributed by atoms with Crippen LogP contribution in [0.15, 0.2) is 47.4 Å². The molecule has 1 aliphatic rings. The second-order valence-corrected chi connectivity index (χ2v) is 6.34. The molecule has 1 aliphatic heterocycles. The summed E-state index contributed by atoms with van der Waals surface area (Å²) in [6.45, 7) is 0. The van der Waals surface area contributed by atoms with Crippen molar-refractivity contribution in [3.05, 3.63) is 63.2 Å². The summed E-state index contributed by atoms with van der Waals surface area (Å²) in [5.74, 6) is 1.02. The first kappa shape index (κ1) is 14.2. The van der Waals surface area contributed by atoms with Crippen molar-refractivity contribution in [2.24, 2.45) is 0 Å². The first-order chi connectivity index (χ1) is 10.1. The summed E-state index contributed by atoms with van der Waals surface area (Å²) in [5.41, 5.74) is 1.87. The minimum atomic E-state index is -0.411. The van der Waals surface area contributed by atoms with Crippen molar-refractivity contribution in [2.75, 3.05) is 11.1 Å². The van der Waals surface area contributed by atoms with E-state index in [0.717, 1.165) is 12.2 Å². The zero-order chi connectivity index (χ0) is 14.8. The van der Waals surface area contributed by atoms with Crippen LogP contribution in [0.2, 0.25) is 5.02 Å². The number of benzene rings is 2. The van der Waals surface area contributed by atoms with Gasteiger partial charge in [0, 0.05) is 22.8 Å². The van der Waals surface area contributed by atoms with E-state index in [1.165, 1.54) is 22.6 Å². The summed E-state index contributed by atoms with van der Waals surface area (Å²) in [6.07, 6.45) is 0.959. The topological polar surface area (TPSA) is 55.2 Å². The molecule has 2 aromatic carbocycles. The van der Waals surface area contributed by atoms with Gasteiger partial charge in [-0.1, -0.05) is 29.8 Å². The Bertz CT molecular complexity index is 693. The van der Waals surface area contributed by atoms with Crippen LogP contribution in [0, 0.1) is 10.1 Å². The van der Waals surface area contributed by atoms with E-state index in [0.29, 0.717) is 10.7 Å². The number of hydrogen-bond donors (Lipinski definition) is 1. The first-order valence-corrected chi connectivity index (χ1v) is 7.94. The van der Waals surface area contributed by atoms with Crippen LogP contribution in [0.1, 0.15) is 18.0 Å². The zero-order valence-electron chi connectivity index (χ0n) is 11.1. The van der Waals surface area contributed by atoms with E-state index in [1.807, 2.05) is 23.9 Å². The Kier molecular flexibility index (Phi) is 4.03. The van der Waals surface area contributed by atoms with Gasteiger partial charge in [-0.3, -0.25) is 10.1 Å². The quantitative estimate of drug-likeness (QED) is 0.645. The summed E-state index contributed by atoms with van der Waals surface area (Å²) in [7, 11) is 0. The lowest BCUT2D eigenvalue weighted by atomic mass is 10.0. The monoisotopic (exact) mass is 320 g/mol. The maximum absolute atomic E-state index is 10.9. The Morgan fingerprint density at radius 2 is 2.10 bits per heavy atom. The van der Waals surface area contributed by atoms with E-state index in [2.05, 4.69) is 17.4 Å². The normalized spacial score (nSPS) is 17.1. The molecule has 0 spiro atoms. The third-order valence-corrected chi connectivity index (χ3v) is 4.90. The molecule has 0 saturated heterocycles. The Morgan fingerprint density at radius 3 is 2.90 bits per heavy atom. The number of non-ortho nitro benzene ring substituents is 1. The van der Waals surface area contributed by atoms with Crippen LogP contribution in [0.4, 0.5) is 11.4 Å². The minimum Gasteiger partial charge on any atom is -0.377 e. The molecule has 0 fully saturated rings. The molecule has 0 saturated carbocycles. The summed E-state index contributed by atoms with van der Waals surface area (Å²) in [5, 5.41) is 14.7. The number of rotatable bonds is 3. The zero-order valence-corrected chi connectivity index (χ0v) is 12.7. The van der Waals surface area contributed by atoms with Gasteiger partial charge in [0.2, 0.25) is 0 Å². The maximum Gasteiger partial charge on any atom is 0.271 e. The number of halogens is 1. The van der Waals surface area contributed by atoms with Crippen LogP contribution in [0.25, 0.3) is 0 Å². The van der Waals surface area contributed by atoms with Crippen molar-refractivity contribution in [3.63, 3.8) is 0 Å². The van der Waals surface area contributed by atoms with E-state index in [-0.39, 0.29) is 11.7 Å². The van der Waals surface area contributed by atoms with Gasteiger partial charge >= 0.3 is 0 Å². The van der Waals surface area contributed by atoms with Gasteiger partial charge in [0.15, 0.2) is 0 Å². The number of nitrogens with one attached hydrogen (secondary N) is 1. The van der Waals surface area contributed by atoms with Crippen molar-refractivity contribution in [2.45, 2.75) is 17.4 Å². The smallest absolute Gasteiger partial charge is 0.271 e. The molecule has 3 rings (SSSR count). The van der Waals surface area contributed by atoms with Gasteiger partial charge in [0.1, 0.15) is 0 Å². The molecule has 0 aromatic heterocycles. The maximum atomic E-state index is 10.9. The molecule has 0 radical (unpaired) electrons. The highest BCUT2D eigenvalue weighted by molar-refractivity contribution is 7.99. The van der Waals surface area contributed by atoms with Crippen molar-refractivity contribution in [3.8, 4) is 0 Å². The summed E-state index contributed by atoms with van der Waals surface area (Å²) < 4.78 is 0. The fourth-order valence-electron chi connectivity index (χ4n) is 2.42. The molecule has 1 atom stereocenters. The third-order valence-electron chi connectivity index (χ3n) is 3.45. The number of fused-ring (bicyclic) bond motifs is 1. The highest BCUT2D eigenvalue weighted by Crippen LogP contribution is 2.39. The van der Waals surface area contributed by atoms with Crippen LogP contribution >= 0.6 is 23.4 Å². The highest BCUT2D eigenvalue weighted by Gasteiger charge is 2.21. The van der Waals surface area contributed by atoms with Crippen molar-refractivity contribution >= 4 is 34.7 Å². The SMILES string of the molecule is O=[N+]([O-])c1ccc(Cl)c(NC2CCSc3ccccc32)c1. The lowest BCUT2D eigenvalue weighted by molar-refractivity contribution is -0.384. The third kappa shape index (κ3) is 2.99. The van der Waals surface area contributed by atoms with Gasteiger partial charge in [-0.2, -0.15) is 0 Å². The standard InChI is InChI=1S/C15H13ClN2O2S/c16-12-6-5-10(18(19)20)9-14(12)17-13-7-8-21-15-4-2-1-3-11(13)15/h1-6,9,13,17H,7-8H2. The molecule has 0 amide bonds. The Hall–Kier alpha value is -1.72. The van der Waals surface area contributed by atoms with Crippen LogP contribution in [-0.4, -0.2) is 10.7 Å². The molecule has 21 heavy (non-hydrogen) atoms. The second kappa shape index (κ2) is 5.95. The molecule has 4 nitrogen and oxygen atoms in total. The number of hydrogen-bond acceptors (Lipinski definition) is 4. The molecule has 1 heterocycles. The molecule has 0 aliphatic carbocycles. The van der Waals surface area contributed by atoms with Gasteiger partial charge in [-0.25, -0.2) is 0 Å². The number of thioether (sulfide) groups is 1. The molecular formula is C15H13ClN2O2S. The van der Waals surface area contributed by atoms with Crippen molar-refractivity contribution in [1.29, 1.82) is 0 Å². The lowest BCUT2D eigenvalue weighted by Gasteiger charge is -2.27. The Balaban J connectivity index is 1.91. The van der Waals surface area contributed by atoms with Gasteiger partial charge in [0.05, 0.1) is 21.7 Å². The molecule has 6 heteroatoms. The van der Waals surface area contributed by atoms with Crippen LogP contribution in [-0.2, 0) is 0 Å². The lowest BCUT2D eigenvalue weighted by Crippen LogP contribution is -2.16. The second-order valence-electron chi connectivity index (χ2n) is 4.79. The highest BCUT2D eigenvalue weighted by atomic mass is 35.5. The molecule has 2 aromatic rings. The molecular weight excluding hydrogens is 308 g/mol. The molecule has 1 unspecified atom stereocenters. The largest absolute Gasteiger partial charge is 0.377 e. The van der Waals surface area contributed by atoms with Crippen LogP contribution in [0.3, 0.4) is 0 Å². The van der Waals surface area contributed by atoms with E-state index < -0.39 is 4.92 Å². The average Bonchev–Trinajstić information content (AvgIpc) is 2.49. The summed E-state index contributed by atoms with van der Waals surface area (Å²) in [4.78, 5) is 11.7. The Labute approximate surface area is 131 Å². The number of nitro groups is 1. The number of nitro benzene ring substituents is 1. The van der Waals surface area contributed by atoms with Gasteiger partial charge in [-0.15, -0.1) is 11.8 Å². The first-order valence-electron chi connectivity index (χ1n) is 6.57. The molecule has 108 valence electrons. The average molecular weight is 321 g/mol. The van der Waals surface area contributed by atoms with Gasteiger partial charge in [-0.05, 0) is 24.1 Å². The molecule has 1 N–H and O–H groups in total. The number of anilines is 1. The van der Waals surface area contributed by atoms with E-state index >= 15 is 0 Å². The van der Waals surface area contributed by atoms with E-state index in [9.17, 15) is 10.1 Å². The van der Waals surface area contributed by atoms with Crippen LogP contribution < -0.4 is 5.32 Å². The predicted molar refractivity (Wildman–Crippen MR) is 86.3 cm³/mol. The van der Waals surface area contributed by atoms with Crippen molar-refractivity contribution in [1.82, 2.24) is 0 Å². The van der Waals surface area contributed by atoms with Crippen LogP contribution in [0.5, 0.6) is 0 Å². The fourth-order valence-corrected chi connectivity index (χ4v) is 3.71. The van der Waals surface area contributed by atoms with E-state index in [4.69, 9.17) is 11.6 Å².